The van der Waals surface area contributed by atoms with Gasteiger partial charge in [0.1, 0.15) is 17.5 Å². The number of rotatable bonds is 5. The lowest BCUT2D eigenvalue weighted by atomic mass is 10.3. The number of hydrogen-bond donors (Lipinski definition) is 1. The van der Waals surface area contributed by atoms with Crippen LogP contribution in [0.5, 0.6) is 0 Å². The lowest BCUT2D eigenvalue weighted by Gasteiger charge is -2.00. The van der Waals surface area contributed by atoms with Crippen molar-refractivity contribution in [1.29, 1.82) is 5.26 Å². The molecule has 0 aliphatic rings. The second kappa shape index (κ2) is 5.74. The fraction of sp³-hybridized carbons (Fsp3) is 0.417. The Labute approximate surface area is 110 Å². The van der Waals surface area contributed by atoms with E-state index in [0.717, 1.165) is 11.5 Å². The number of nitrogens with one attached hydrogen (secondary N) is 1. The van der Waals surface area contributed by atoms with E-state index in [4.69, 9.17) is 9.78 Å². The van der Waals surface area contributed by atoms with Gasteiger partial charge in [-0.15, -0.1) is 0 Å². The minimum absolute atomic E-state index is 0.427. The molecule has 2 aromatic heterocycles. The molecule has 0 saturated heterocycles. The maximum absolute atomic E-state index is 8.72. The van der Waals surface area contributed by atoms with Gasteiger partial charge >= 0.3 is 0 Å². The van der Waals surface area contributed by atoms with Crippen LogP contribution in [0.1, 0.15) is 25.4 Å². The van der Waals surface area contributed by atoms with Gasteiger partial charge in [0.05, 0.1) is 5.75 Å². The average molecular weight is 262 g/mol. The van der Waals surface area contributed by atoms with Crippen molar-refractivity contribution in [2.45, 2.75) is 19.6 Å². The summed E-state index contributed by atoms with van der Waals surface area (Å²) in [6.45, 7) is 4.36. The van der Waals surface area contributed by atoms with Crippen molar-refractivity contribution < 1.29 is 4.52 Å². The van der Waals surface area contributed by atoms with E-state index in [1.54, 1.807) is 23.9 Å². The Morgan fingerprint density at radius 1 is 1.50 bits per heavy atom. The monoisotopic (exact) mass is 262 g/mol. The zero-order valence-corrected chi connectivity index (χ0v) is 11.1. The summed E-state index contributed by atoms with van der Waals surface area (Å²) in [5.74, 6) is 3.58. The van der Waals surface area contributed by atoms with E-state index in [1.807, 2.05) is 6.07 Å². The lowest BCUT2D eigenvalue weighted by molar-refractivity contribution is 0.424. The van der Waals surface area contributed by atoms with Crippen LogP contribution in [0.25, 0.3) is 11.6 Å². The predicted molar refractivity (Wildman–Crippen MR) is 69.8 cm³/mol. The Bertz CT molecular complexity index is 552. The molecule has 0 atom stereocenters. The largest absolute Gasteiger partial charge is 0.342 e. The van der Waals surface area contributed by atoms with Crippen LogP contribution >= 0.6 is 11.8 Å². The summed E-state index contributed by atoms with van der Waals surface area (Å²) in [5.41, 5.74) is 1.16. The molecule has 0 radical (unpaired) electrons. The number of hydrogen-bond acceptors (Lipinski definition) is 5. The van der Waals surface area contributed by atoms with Crippen molar-refractivity contribution in [2.75, 3.05) is 5.75 Å². The molecule has 18 heavy (non-hydrogen) atoms. The van der Waals surface area contributed by atoms with Gasteiger partial charge in [0.2, 0.25) is 0 Å². The van der Waals surface area contributed by atoms with Gasteiger partial charge < -0.3 is 9.51 Å². The van der Waals surface area contributed by atoms with Gasteiger partial charge in [-0.05, 0) is 23.8 Å². The van der Waals surface area contributed by atoms with E-state index in [2.05, 4.69) is 29.0 Å². The van der Waals surface area contributed by atoms with Crippen LogP contribution in [0.2, 0.25) is 0 Å². The first-order valence-electron chi connectivity index (χ1n) is 5.69. The highest BCUT2D eigenvalue weighted by molar-refractivity contribution is 7.98. The standard InChI is InChI=1S/C12H14N4OS/c1-8(2)6-18-7-11-15-12(17-16-11)10-4-3-9(5-13)14-10/h3-4,8,14H,6-7H2,1-2H3. The maximum atomic E-state index is 8.72. The number of nitriles is 1. The third-order valence-corrected chi connectivity index (χ3v) is 3.55. The molecule has 0 fully saturated rings. The quantitative estimate of drug-likeness (QED) is 0.896. The molecule has 0 saturated carbocycles. The fourth-order valence-electron chi connectivity index (χ4n) is 1.39. The highest BCUT2D eigenvalue weighted by Crippen LogP contribution is 2.18. The summed E-state index contributed by atoms with van der Waals surface area (Å²) in [7, 11) is 0. The number of aromatic nitrogens is 3. The average Bonchev–Trinajstić information content (AvgIpc) is 2.95. The van der Waals surface area contributed by atoms with Crippen molar-refractivity contribution in [3.05, 3.63) is 23.7 Å². The van der Waals surface area contributed by atoms with E-state index in [1.165, 1.54) is 0 Å². The van der Waals surface area contributed by atoms with E-state index < -0.39 is 0 Å². The predicted octanol–water partition coefficient (Wildman–Crippen LogP) is 2.83. The third-order valence-electron chi connectivity index (χ3n) is 2.19. The second-order valence-electron chi connectivity index (χ2n) is 4.32. The van der Waals surface area contributed by atoms with Crippen LogP contribution in [0.3, 0.4) is 0 Å². The summed E-state index contributed by atoms with van der Waals surface area (Å²) in [6.07, 6.45) is 0. The van der Waals surface area contributed by atoms with E-state index >= 15 is 0 Å². The normalized spacial score (nSPS) is 10.8. The van der Waals surface area contributed by atoms with Crippen molar-refractivity contribution in [2.24, 2.45) is 5.92 Å². The molecule has 2 heterocycles. The second-order valence-corrected chi connectivity index (χ2v) is 5.35. The molecule has 0 spiro atoms. The first kappa shape index (κ1) is 12.7. The van der Waals surface area contributed by atoms with E-state index in [9.17, 15) is 0 Å². The van der Waals surface area contributed by atoms with Crippen LogP contribution in [0.15, 0.2) is 16.7 Å². The minimum Gasteiger partial charge on any atom is -0.342 e. The van der Waals surface area contributed by atoms with Gasteiger partial charge in [0.25, 0.3) is 5.89 Å². The van der Waals surface area contributed by atoms with Crippen LogP contribution in [0.4, 0.5) is 0 Å². The molecule has 1 N–H and O–H groups in total. The molecule has 0 aliphatic carbocycles. The fourth-order valence-corrected chi connectivity index (χ4v) is 2.28. The van der Waals surface area contributed by atoms with Crippen LogP contribution in [-0.2, 0) is 5.75 Å². The Morgan fingerprint density at radius 2 is 2.33 bits per heavy atom. The van der Waals surface area contributed by atoms with Gasteiger partial charge in [0, 0.05) is 0 Å². The molecule has 2 rings (SSSR count). The highest BCUT2D eigenvalue weighted by atomic mass is 32.2. The topological polar surface area (TPSA) is 78.5 Å². The van der Waals surface area contributed by atoms with Gasteiger partial charge in [0.15, 0.2) is 5.82 Å². The summed E-state index contributed by atoms with van der Waals surface area (Å²) in [5, 5.41) is 12.6. The zero-order chi connectivity index (χ0) is 13.0. The van der Waals surface area contributed by atoms with E-state index in [0.29, 0.717) is 29.0 Å². The number of thioether (sulfide) groups is 1. The maximum Gasteiger partial charge on any atom is 0.274 e. The highest BCUT2D eigenvalue weighted by Gasteiger charge is 2.10. The van der Waals surface area contributed by atoms with Crippen LogP contribution in [-0.4, -0.2) is 20.9 Å². The molecule has 0 bridgehead atoms. The SMILES string of the molecule is CC(C)CSCc1noc(-c2ccc(C#N)[nH]2)n1. The molecule has 0 unspecified atom stereocenters. The first-order valence-corrected chi connectivity index (χ1v) is 6.84. The third kappa shape index (κ3) is 3.14. The van der Waals surface area contributed by atoms with Crippen molar-refractivity contribution in [3.63, 3.8) is 0 Å². The Balaban J connectivity index is 1.99. The Kier molecular flexibility index (Phi) is 4.05. The van der Waals surface area contributed by atoms with Crippen molar-refractivity contribution in [3.8, 4) is 17.7 Å². The number of aromatic amines is 1. The van der Waals surface area contributed by atoms with Gasteiger partial charge in [-0.3, -0.25) is 0 Å². The summed E-state index contributed by atoms with van der Waals surface area (Å²) >= 11 is 1.79. The lowest BCUT2D eigenvalue weighted by Crippen LogP contribution is -1.92. The Hall–Kier alpha value is -1.74. The molecule has 94 valence electrons. The van der Waals surface area contributed by atoms with Gasteiger partial charge in [-0.25, -0.2) is 0 Å². The molecule has 0 aliphatic heterocycles. The number of nitrogens with zero attached hydrogens (tertiary/aromatic N) is 3. The molecule has 0 aromatic carbocycles. The smallest absolute Gasteiger partial charge is 0.274 e. The zero-order valence-electron chi connectivity index (χ0n) is 10.3. The first-order chi connectivity index (χ1) is 8.69. The van der Waals surface area contributed by atoms with Crippen molar-refractivity contribution in [1.82, 2.24) is 15.1 Å². The number of H-pyrrole nitrogens is 1. The molecule has 5 nitrogen and oxygen atoms in total. The Morgan fingerprint density at radius 3 is 3.00 bits per heavy atom. The molecule has 6 heteroatoms. The summed E-state index contributed by atoms with van der Waals surface area (Å²) < 4.78 is 5.15. The minimum atomic E-state index is 0.427. The molecular weight excluding hydrogens is 248 g/mol. The van der Waals surface area contributed by atoms with Gasteiger partial charge in [-0.1, -0.05) is 19.0 Å². The molecule has 0 amide bonds. The summed E-state index contributed by atoms with van der Waals surface area (Å²) in [6, 6.07) is 5.47. The summed E-state index contributed by atoms with van der Waals surface area (Å²) in [4.78, 5) is 7.19. The molecular formula is C12H14N4OS. The van der Waals surface area contributed by atoms with Crippen molar-refractivity contribution >= 4 is 11.8 Å². The van der Waals surface area contributed by atoms with Gasteiger partial charge in [-0.2, -0.15) is 22.0 Å². The van der Waals surface area contributed by atoms with E-state index in [-0.39, 0.29) is 0 Å². The van der Waals surface area contributed by atoms with Crippen LogP contribution in [0, 0.1) is 17.2 Å². The molecule has 2 aromatic rings. The van der Waals surface area contributed by atoms with Crippen LogP contribution < -0.4 is 0 Å².